The molecule has 15 heavy (non-hydrogen) atoms. The van der Waals surface area contributed by atoms with Crippen molar-refractivity contribution < 1.29 is 0 Å². The molecule has 0 atom stereocenters. The van der Waals surface area contributed by atoms with E-state index < -0.39 is 0 Å². The summed E-state index contributed by atoms with van der Waals surface area (Å²) in [5.41, 5.74) is 6.00. The Bertz CT molecular complexity index is 209. The number of nitrogens with two attached hydrogens (primary N) is 1. The Kier molecular flexibility index (Phi) is 5.14. The fourth-order valence-corrected chi connectivity index (χ4v) is 2.62. The Morgan fingerprint density at radius 3 is 2.60 bits per heavy atom. The van der Waals surface area contributed by atoms with E-state index in [2.05, 4.69) is 18.2 Å². The van der Waals surface area contributed by atoms with E-state index >= 15 is 0 Å². The SMILES string of the molecule is C#CCNC1(CN)CCC(CCC)CC1. The second-order valence-corrected chi connectivity index (χ2v) is 4.77. The van der Waals surface area contributed by atoms with Gasteiger partial charge in [-0.3, -0.25) is 5.32 Å². The second kappa shape index (κ2) is 6.15. The van der Waals surface area contributed by atoms with Crippen LogP contribution in [-0.4, -0.2) is 18.6 Å². The van der Waals surface area contributed by atoms with Crippen LogP contribution in [0.15, 0.2) is 0 Å². The molecule has 0 amide bonds. The van der Waals surface area contributed by atoms with Gasteiger partial charge in [-0.1, -0.05) is 25.7 Å². The van der Waals surface area contributed by atoms with Crippen molar-refractivity contribution in [3.8, 4) is 12.3 Å². The summed E-state index contributed by atoms with van der Waals surface area (Å²) in [6.45, 7) is 3.63. The van der Waals surface area contributed by atoms with Gasteiger partial charge < -0.3 is 5.73 Å². The van der Waals surface area contributed by atoms with Gasteiger partial charge in [0.05, 0.1) is 6.54 Å². The largest absolute Gasteiger partial charge is 0.329 e. The monoisotopic (exact) mass is 208 g/mol. The lowest BCUT2D eigenvalue weighted by atomic mass is 9.75. The van der Waals surface area contributed by atoms with Gasteiger partial charge >= 0.3 is 0 Å². The molecular weight excluding hydrogens is 184 g/mol. The first-order valence-electron chi connectivity index (χ1n) is 6.15. The fraction of sp³-hybridized carbons (Fsp3) is 0.846. The van der Waals surface area contributed by atoms with Crippen molar-refractivity contribution in [2.45, 2.75) is 51.0 Å². The first-order chi connectivity index (χ1) is 7.26. The quantitative estimate of drug-likeness (QED) is 0.677. The minimum atomic E-state index is 0.136. The van der Waals surface area contributed by atoms with Crippen LogP contribution >= 0.6 is 0 Å². The van der Waals surface area contributed by atoms with Crippen LogP contribution in [0.25, 0.3) is 0 Å². The minimum Gasteiger partial charge on any atom is -0.329 e. The smallest absolute Gasteiger partial charge is 0.0578 e. The summed E-state index contributed by atoms with van der Waals surface area (Å²) < 4.78 is 0. The normalized spacial score (nSPS) is 31.1. The third kappa shape index (κ3) is 3.52. The highest BCUT2D eigenvalue weighted by molar-refractivity contribution is 4.98. The molecule has 0 aromatic rings. The topological polar surface area (TPSA) is 38.0 Å². The van der Waals surface area contributed by atoms with E-state index in [9.17, 15) is 0 Å². The molecule has 86 valence electrons. The van der Waals surface area contributed by atoms with Crippen LogP contribution in [0.3, 0.4) is 0 Å². The van der Waals surface area contributed by atoms with Crippen molar-refractivity contribution in [1.82, 2.24) is 5.32 Å². The van der Waals surface area contributed by atoms with Crippen LogP contribution < -0.4 is 11.1 Å². The van der Waals surface area contributed by atoms with Crippen molar-refractivity contribution in [2.24, 2.45) is 11.7 Å². The van der Waals surface area contributed by atoms with E-state index in [1.165, 1.54) is 38.5 Å². The van der Waals surface area contributed by atoms with Crippen molar-refractivity contribution in [3.05, 3.63) is 0 Å². The van der Waals surface area contributed by atoms with Crippen molar-refractivity contribution in [3.63, 3.8) is 0 Å². The number of rotatable bonds is 5. The first-order valence-corrected chi connectivity index (χ1v) is 6.15. The Morgan fingerprint density at radius 1 is 1.47 bits per heavy atom. The predicted octanol–water partition coefficient (Wildman–Crippen LogP) is 1.90. The van der Waals surface area contributed by atoms with Crippen LogP contribution in [0, 0.1) is 18.3 Å². The number of nitrogens with one attached hydrogen (secondary N) is 1. The lowest BCUT2D eigenvalue weighted by Gasteiger charge is -2.40. The molecule has 0 saturated heterocycles. The van der Waals surface area contributed by atoms with Crippen molar-refractivity contribution >= 4 is 0 Å². The third-order valence-corrected chi connectivity index (χ3v) is 3.72. The lowest BCUT2D eigenvalue weighted by molar-refractivity contribution is 0.193. The molecule has 0 bridgehead atoms. The number of terminal acetylenes is 1. The average molecular weight is 208 g/mol. The van der Waals surface area contributed by atoms with Crippen molar-refractivity contribution in [2.75, 3.05) is 13.1 Å². The Labute approximate surface area is 94.0 Å². The molecule has 0 unspecified atom stereocenters. The molecule has 0 aromatic heterocycles. The van der Waals surface area contributed by atoms with Crippen LogP contribution in [0.1, 0.15) is 45.4 Å². The molecular formula is C13H24N2. The Morgan fingerprint density at radius 2 is 2.13 bits per heavy atom. The molecule has 0 radical (unpaired) electrons. The first kappa shape index (κ1) is 12.5. The number of hydrogen-bond acceptors (Lipinski definition) is 2. The molecule has 0 aliphatic heterocycles. The van der Waals surface area contributed by atoms with Crippen LogP contribution in [0.2, 0.25) is 0 Å². The van der Waals surface area contributed by atoms with Crippen molar-refractivity contribution in [1.29, 1.82) is 0 Å². The van der Waals surface area contributed by atoms with E-state index in [1.54, 1.807) is 0 Å². The zero-order valence-electron chi connectivity index (χ0n) is 9.89. The molecule has 0 spiro atoms. The summed E-state index contributed by atoms with van der Waals surface area (Å²) in [6.07, 6.45) is 13.0. The van der Waals surface area contributed by atoms with E-state index in [4.69, 9.17) is 12.2 Å². The summed E-state index contributed by atoms with van der Waals surface area (Å²) in [5.74, 6) is 3.56. The zero-order chi connectivity index (χ0) is 11.1. The van der Waals surface area contributed by atoms with Crippen LogP contribution in [0.5, 0.6) is 0 Å². The molecule has 1 saturated carbocycles. The van der Waals surface area contributed by atoms with E-state index in [0.29, 0.717) is 13.1 Å². The van der Waals surface area contributed by atoms with Gasteiger partial charge in [-0.25, -0.2) is 0 Å². The van der Waals surface area contributed by atoms with Gasteiger partial charge in [0.2, 0.25) is 0 Å². The maximum absolute atomic E-state index is 5.87. The highest BCUT2D eigenvalue weighted by atomic mass is 15.0. The van der Waals surface area contributed by atoms with Gasteiger partial charge in [0, 0.05) is 12.1 Å². The summed E-state index contributed by atoms with van der Waals surface area (Å²) in [7, 11) is 0. The summed E-state index contributed by atoms with van der Waals surface area (Å²) in [4.78, 5) is 0. The molecule has 2 nitrogen and oxygen atoms in total. The Hall–Kier alpha value is -0.520. The minimum absolute atomic E-state index is 0.136. The standard InChI is InChI=1S/C13H24N2/c1-3-5-12-6-8-13(11-14,9-7-12)15-10-4-2/h2,12,15H,3,5-11,14H2,1H3. The molecule has 0 aromatic carbocycles. The van der Waals surface area contributed by atoms with E-state index in [-0.39, 0.29) is 5.54 Å². The maximum atomic E-state index is 5.87. The fourth-order valence-electron chi connectivity index (χ4n) is 2.62. The summed E-state index contributed by atoms with van der Waals surface area (Å²) in [6, 6.07) is 0. The van der Waals surface area contributed by atoms with Gasteiger partial charge in [0.1, 0.15) is 0 Å². The third-order valence-electron chi connectivity index (χ3n) is 3.72. The molecule has 1 aliphatic rings. The molecule has 1 fully saturated rings. The molecule has 1 rings (SSSR count). The highest BCUT2D eigenvalue weighted by Gasteiger charge is 2.32. The van der Waals surface area contributed by atoms with E-state index in [0.717, 1.165) is 5.92 Å². The van der Waals surface area contributed by atoms with E-state index in [1.807, 2.05) is 0 Å². The molecule has 0 heterocycles. The highest BCUT2D eigenvalue weighted by Crippen LogP contribution is 2.33. The number of hydrogen-bond donors (Lipinski definition) is 2. The van der Waals surface area contributed by atoms with Gasteiger partial charge in [0.15, 0.2) is 0 Å². The van der Waals surface area contributed by atoms with Gasteiger partial charge in [-0.05, 0) is 31.6 Å². The predicted molar refractivity (Wildman–Crippen MR) is 65.5 cm³/mol. The summed E-state index contributed by atoms with van der Waals surface area (Å²) in [5, 5.41) is 3.44. The molecule has 1 aliphatic carbocycles. The summed E-state index contributed by atoms with van der Waals surface area (Å²) >= 11 is 0. The maximum Gasteiger partial charge on any atom is 0.0578 e. The molecule has 2 heteroatoms. The Balaban J connectivity index is 2.40. The average Bonchev–Trinajstić information content (AvgIpc) is 2.29. The van der Waals surface area contributed by atoms with Gasteiger partial charge in [0.25, 0.3) is 0 Å². The second-order valence-electron chi connectivity index (χ2n) is 4.77. The van der Waals surface area contributed by atoms with Crippen LogP contribution in [-0.2, 0) is 0 Å². The van der Waals surface area contributed by atoms with Gasteiger partial charge in [-0.15, -0.1) is 6.42 Å². The molecule has 3 N–H and O–H groups in total. The zero-order valence-corrected chi connectivity index (χ0v) is 9.89. The lowest BCUT2D eigenvalue weighted by Crippen LogP contribution is -2.53. The van der Waals surface area contributed by atoms with Crippen LogP contribution in [0.4, 0.5) is 0 Å². The van der Waals surface area contributed by atoms with Gasteiger partial charge in [-0.2, -0.15) is 0 Å².